The van der Waals surface area contributed by atoms with E-state index in [4.69, 9.17) is 11.6 Å². The fourth-order valence-corrected chi connectivity index (χ4v) is 3.16. The molecule has 0 amide bonds. The molecule has 2 aromatic rings. The third-order valence-electron chi connectivity index (χ3n) is 2.47. The quantitative estimate of drug-likeness (QED) is 0.768. The fourth-order valence-electron chi connectivity index (χ4n) is 1.56. The van der Waals surface area contributed by atoms with E-state index in [2.05, 4.69) is 0 Å². The highest BCUT2D eigenvalue weighted by atomic mass is 35.5. The van der Waals surface area contributed by atoms with Crippen molar-refractivity contribution in [2.24, 2.45) is 0 Å². The minimum atomic E-state index is -1.05. The molecule has 0 spiro atoms. The maximum absolute atomic E-state index is 12.1. The van der Waals surface area contributed by atoms with Gasteiger partial charge < -0.3 is 0 Å². The van der Waals surface area contributed by atoms with Gasteiger partial charge in [-0.3, -0.25) is 4.21 Å². The number of benzene rings is 2. The van der Waals surface area contributed by atoms with Crippen LogP contribution in [0.2, 0.25) is 0 Å². The van der Waals surface area contributed by atoms with Crippen LogP contribution >= 0.6 is 11.6 Å². The van der Waals surface area contributed by atoms with Crippen molar-refractivity contribution in [1.82, 2.24) is 0 Å². The average molecular weight is 265 g/mol. The Morgan fingerprint density at radius 2 is 1.47 bits per heavy atom. The van der Waals surface area contributed by atoms with Crippen molar-refractivity contribution in [3.05, 3.63) is 66.2 Å². The van der Waals surface area contributed by atoms with Crippen LogP contribution in [0, 0.1) is 0 Å². The smallest absolute Gasteiger partial charge is 0.0704 e. The van der Waals surface area contributed by atoms with E-state index in [1.54, 1.807) is 0 Å². The normalized spacial score (nSPS) is 14.2. The Hall–Kier alpha value is -1.12. The molecule has 0 saturated heterocycles. The topological polar surface area (TPSA) is 17.1 Å². The molecule has 2 unspecified atom stereocenters. The summed E-state index contributed by atoms with van der Waals surface area (Å²) in [6.07, 6.45) is 0. The molecule has 0 radical (unpaired) electrons. The van der Waals surface area contributed by atoms with E-state index in [9.17, 15) is 4.21 Å². The van der Waals surface area contributed by atoms with Gasteiger partial charge in [0, 0.05) is 10.6 Å². The molecule has 0 aliphatic carbocycles. The molecule has 2 atom stereocenters. The summed E-state index contributed by atoms with van der Waals surface area (Å²) in [6, 6.07) is 19.2. The predicted molar refractivity (Wildman–Crippen MR) is 72.8 cm³/mol. The standard InChI is InChI=1S/C14H13ClOS/c15-14(12-7-3-1-4-8-12)11-17(16)13-9-5-2-6-10-13/h1-10,14H,11H2. The third kappa shape index (κ3) is 3.42. The van der Waals surface area contributed by atoms with Gasteiger partial charge in [-0.05, 0) is 17.7 Å². The third-order valence-corrected chi connectivity index (χ3v) is 4.49. The molecule has 88 valence electrons. The van der Waals surface area contributed by atoms with Crippen molar-refractivity contribution in [2.75, 3.05) is 5.75 Å². The highest BCUT2D eigenvalue weighted by molar-refractivity contribution is 7.85. The Kier molecular flexibility index (Phi) is 4.35. The first kappa shape index (κ1) is 12.3. The maximum Gasteiger partial charge on any atom is 0.0704 e. The summed E-state index contributed by atoms with van der Waals surface area (Å²) in [5, 5.41) is -0.211. The highest BCUT2D eigenvalue weighted by Crippen LogP contribution is 2.23. The van der Waals surface area contributed by atoms with Crippen molar-refractivity contribution in [1.29, 1.82) is 0 Å². The van der Waals surface area contributed by atoms with Crippen LogP contribution in [0.3, 0.4) is 0 Å². The number of alkyl halides is 1. The van der Waals surface area contributed by atoms with E-state index in [-0.39, 0.29) is 5.38 Å². The second-order valence-electron chi connectivity index (χ2n) is 3.70. The predicted octanol–water partition coefficient (Wildman–Crippen LogP) is 3.77. The summed E-state index contributed by atoms with van der Waals surface area (Å²) in [4.78, 5) is 0.828. The van der Waals surface area contributed by atoms with Crippen LogP contribution in [0.1, 0.15) is 10.9 Å². The molecular weight excluding hydrogens is 252 g/mol. The van der Waals surface area contributed by atoms with Crippen LogP contribution < -0.4 is 0 Å². The van der Waals surface area contributed by atoms with Crippen molar-refractivity contribution in [3.63, 3.8) is 0 Å². The summed E-state index contributed by atoms with van der Waals surface area (Å²) < 4.78 is 12.1. The van der Waals surface area contributed by atoms with Crippen LogP contribution in [0.15, 0.2) is 65.6 Å². The zero-order valence-electron chi connectivity index (χ0n) is 9.25. The Morgan fingerprint density at radius 3 is 2.06 bits per heavy atom. The molecule has 2 rings (SSSR count). The molecule has 17 heavy (non-hydrogen) atoms. The summed E-state index contributed by atoms with van der Waals surface area (Å²) >= 11 is 6.26. The van der Waals surface area contributed by atoms with Crippen molar-refractivity contribution in [3.8, 4) is 0 Å². The number of hydrogen-bond donors (Lipinski definition) is 0. The van der Waals surface area contributed by atoms with Crippen LogP contribution in [-0.4, -0.2) is 9.96 Å². The van der Waals surface area contributed by atoms with Gasteiger partial charge in [0.15, 0.2) is 0 Å². The van der Waals surface area contributed by atoms with Gasteiger partial charge in [0.05, 0.1) is 16.2 Å². The lowest BCUT2D eigenvalue weighted by Crippen LogP contribution is -2.04. The van der Waals surface area contributed by atoms with Gasteiger partial charge in [0.1, 0.15) is 0 Å². The Morgan fingerprint density at radius 1 is 0.941 bits per heavy atom. The Bertz CT molecular complexity index is 484. The lowest BCUT2D eigenvalue weighted by molar-refractivity contribution is 0.682. The average Bonchev–Trinajstić information content (AvgIpc) is 2.40. The minimum absolute atomic E-state index is 0.211. The van der Waals surface area contributed by atoms with Crippen LogP contribution in [0.25, 0.3) is 0 Å². The summed E-state index contributed by atoms with van der Waals surface area (Å²) in [5.74, 6) is 0.440. The van der Waals surface area contributed by atoms with Gasteiger partial charge in [-0.15, -0.1) is 11.6 Å². The molecule has 0 aliphatic rings. The Balaban J connectivity index is 2.05. The first-order valence-electron chi connectivity index (χ1n) is 5.40. The van der Waals surface area contributed by atoms with E-state index in [1.807, 2.05) is 60.7 Å². The SMILES string of the molecule is O=S(CC(Cl)c1ccccc1)c1ccccc1. The first-order valence-corrected chi connectivity index (χ1v) is 7.15. The van der Waals surface area contributed by atoms with E-state index >= 15 is 0 Å². The molecule has 2 aromatic carbocycles. The monoisotopic (exact) mass is 264 g/mol. The van der Waals surface area contributed by atoms with Gasteiger partial charge in [0.25, 0.3) is 0 Å². The molecule has 3 heteroatoms. The van der Waals surface area contributed by atoms with Gasteiger partial charge in [-0.1, -0.05) is 48.5 Å². The van der Waals surface area contributed by atoms with E-state index in [0.29, 0.717) is 5.75 Å². The summed E-state index contributed by atoms with van der Waals surface area (Å²) in [5.41, 5.74) is 1.01. The van der Waals surface area contributed by atoms with E-state index < -0.39 is 10.8 Å². The lowest BCUT2D eigenvalue weighted by atomic mass is 10.2. The van der Waals surface area contributed by atoms with Crippen LogP contribution in [0.5, 0.6) is 0 Å². The number of halogens is 1. The molecule has 0 saturated carbocycles. The lowest BCUT2D eigenvalue weighted by Gasteiger charge is -2.09. The summed E-state index contributed by atoms with van der Waals surface area (Å²) in [7, 11) is -1.05. The van der Waals surface area contributed by atoms with Gasteiger partial charge in [-0.25, -0.2) is 0 Å². The second kappa shape index (κ2) is 5.99. The van der Waals surface area contributed by atoms with Crippen LogP contribution in [-0.2, 0) is 10.8 Å². The van der Waals surface area contributed by atoms with Crippen LogP contribution in [0.4, 0.5) is 0 Å². The minimum Gasteiger partial charge on any atom is -0.254 e. The molecule has 0 aromatic heterocycles. The van der Waals surface area contributed by atoms with Crippen molar-refractivity contribution >= 4 is 22.4 Å². The van der Waals surface area contributed by atoms with E-state index in [0.717, 1.165) is 10.5 Å². The second-order valence-corrected chi connectivity index (χ2v) is 5.73. The zero-order valence-corrected chi connectivity index (χ0v) is 10.8. The largest absolute Gasteiger partial charge is 0.254 e. The maximum atomic E-state index is 12.1. The van der Waals surface area contributed by atoms with Crippen molar-refractivity contribution in [2.45, 2.75) is 10.3 Å². The fraction of sp³-hybridized carbons (Fsp3) is 0.143. The highest BCUT2D eigenvalue weighted by Gasteiger charge is 2.12. The molecule has 0 bridgehead atoms. The molecule has 0 fully saturated rings. The molecule has 0 aliphatic heterocycles. The number of hydrogen-bond acceptors (Lipinski definition) is 1. The van der Waals surface area contributed by atoms with Gasteiger partial charge >= 0.3 is 0 Å². The summed E-state index contributed by atoms with van der Waals surface area (Å²) in [6.45, 7) is 0. The molecular formula is C14H13ClOS. The van der Waals surface area contributed by atoms with Gasteiger partial charge in [0.2, 0.25) is 0 Å². The zero-order chi connectivity index (χ0) is 12.1. The van der Waals surface area contributed by atoms with Gasteiger partial charge in [-0.2, -0.15) is 0 Å². The number of rotatable bonds is 4. The van der Waals surface area contributed by atoms with E-state index in [1.165, 1.54) is 0 Å². The molecule has 1 nitrogen and oxygen atoms in total. The molecule has 0 N–H and O–H groups in total. The van der Waals surface area contributed by atoms with Crippen molar-refractivity contribution < 1.29 is 4.21 Å². The molecule has 0 heterocycles. The Labute approximate surface area is 109 Å². The first-order chi connectivity index (χ1) is 8.27.